The van der Waals surface area contributed by atoms with Crippen molar-refractivity contribution in [2.75, 3.05) is 14.2 Å². The standard InChI is InChI=1S/C15H15BrN2O3/c1-20-13-5-3-4-10(14(13)21-2)8-18-15(19)11-6-12(16)9-17-7-11/h3-7,9H,8H2,1-2H3,(H,18,19). The average Bonchev–Trinajstić information content (AvgIpc) is 2.51. The Morgan fingerprint density at radius 2 is 2.10 bits per heavy atom. The van der Waals surface area contributed by atoms with Crippen LogP contribution in [0, 0.1) is 0 Å². The third-order valence-corrected chi connectivity index (χ3v) is 3.32. The van der Waals surface area contributed by atoms with Crippen LogP contribution >= 0.6 is 15.9 Å². The van der Waals surface area contributed by atoms with Gasteiger partial charge in [0.1, 0.15) is 0 Å². The number of nitrogens with zero attached hydrogens (tertiary/aromatic N) is 1. The summed E-state index contributed by atoms with van der Waals surface area (Å²) in [6.07, 6.45) is 3.14. The van der Waals surface area contributed by atoms with E-state index in [0.29, 0.717) is 23.6 Å². The van der Waals surface area contributed by atoms with E-state index in [9.17, 15) is 4.79 Å². The van der Waals surface area contributed by atoms with Crippen LogP contribution in [0.5, 0.6) is 11.5 Å². The van der Waals surface area contributed by atoms with E-state index in [0.717, 1.165) is 10.0 Å². The fraction of sp³-hybridized carbons (Fsp3) is 0.200. The van der Waals surface area contributed by atoms with Gasteiger partial charge in [-0.1, -0.05) is 12.1 Å². The number of pyridine rings is 1. The minimum Gasteiger partial charge on any atom is -0.493 e. The Labute approximate surface area is 131 Å². The van der Waals surface area contributed by atoms with Gasteiger partial charge in [-0.2, -0.15) is 0 Å². The monoisotopic (exact) mass is 350 g/mol. The van der Waals surface area contributed by atoms with Gasteiger partial charge in [-0.3, -0.25) is 9.78 Å². The predicted molar refractivity (Wildman–Crippen MR) is 82.7 cm³/mol. The molecule has 2 aromatic rings. The van der Waals surface area contributed by atoms with Crippen LogP contribution in [-0.4, -0.2) is 25.1 Å². The molecule has 0 radical (unpaired) electrons. The molecule has 0 aliphatic carbocycles. The van der Waals surface area contributed by atoms with Crippen molar-refractivity contribution in [1.82, 2.24) is 10.3 Å². The van der Waals surface area contributed by atoms with Crippen molar-refractivity contribution >= 4 is 21.8 Å². The fourth-order valence-corrected chi connectivity index (χ4v) is 2.27. The number of benzene rings is 1. The molecule has 0 atom stereocenters. The normalized spacial score (nSPS) is 10.0. The first-order valence-corrected chi connectivity index (χ1v) is 7.03. The summed E-state index contributed by atoms with van der Waals surface area (Å²) in [6, 6.07) is 7.25. The van der Waals surface area contributed by atoms with E-state index >= 15 is 0 Å². The quantitative estimate of drug-likeness (QED) is 0.900. The number of amides is 1. The highest BCUT2D eigenvalue weighted by Crippen LogP contribution is 2.30. The topological polar surface area (TPSA) is 60.5 Å². The second-order valence-electron chi connectivity index (χ2n) is 4.23. The van der Waals surface area contributed by atoms with Crippen LogP contribution in [0.1, 0.15) is 15.9 Å². The number of rotatable bonds is 5. The minimum absolute atomic E-state index is 0.200. The molecule has 1 amide bonds. The first-order valence-electron chi connectivity index (χ1n) is 6.24. The van der Waals surface area contributed by atoms with Crippen LogP contribution in [0.4, 0.5) is 0 Å². The van der Waals surface area contributed by atoms with Gasteiger partial charge in [-0.15, -0.1) is 0 Å². The maximum atomic E-state index is 12.1. The van der Waals surface area contributed by atoms with E-state index in [4.69, 9.17) is 9.47 Å². The molecule has 6 heteroatoms. The number of hydrogen-bond acceptors (Lipinski definition) is 4. The van der Waals surface area contributed by atoms with Crippen LogP contribution in [-0.2, 0) is 6.54 Å². The summed E-state index contributed by atoms with van der Waals surface area (Å²) >= 11 is 3.29. The van der Waals surface area contributed by atoms with Crippen LogP contribution in [0.15, 0.2) is 41.1 Å². The number of carbonyl (C=O) groups is 1. The van der Waals surface area contributed by atoms with E-state index in [-0.39, 0.29) is 5.91 Å². The molecule has 21 heavy (non-hydrogen) atoms. The molecule has 110 valence electrons. The van der Waals surface area contributed by atoms with Gasteiger partial charge in [0.15, 0.2) is 11.5 Å². The number of ether oxygens (including phenoxy) is 2. The van der Waals surface area contributed by atoms with Crippen LogP contribution in [0.2, 0.25) is 0 Å². The summed E-state index contributed by atoms with van der Waals surface area (Å²) in [6.45, 7) is 0.339. The van der Waals surface area contributed by atoms with Gasteiger partial charge >= 0.3 is 0 Å². The van der Waals surface area contributed by atoms with Crippen molar-refractivity contribution < 1.29 is 14.3 Å². The predicted octanol–water partition coefficient (Wildman–Crippen LogP) is 2.79. The summed E-state index contributed by atoms with van der Waals surface area (Å²) in [4.78, 5) is 16.0. The van der Waals surface area contributed by atoms with E-state index in [2.05, 4.69) is 26.2 Å². The molecule has 0 aliphatic rings. The lowest BCUT2D eigenvalue weighted by molar-refractivity contribution is 0.0950. The summed E-state index contributed by atoms with van der Waals surface area (Å²) in [5.41, 5.74) is 1.33. The zero-order valence-corrected chi connectivity index (χ0v) is 13.3. The molecule has 0 bridgehead atoms. The van der Waals surface area contributed by atoms with Gasteiger partial charge in [0.25, 0.3) is 5.91 Å². The van der Waals surface area contributed by atoms with Crippen LogP contribution in [0.3, 0.4) is 0 Å². The Bertz CT molecular complexity index is 647. The first-order chi connectivity index (χ1) is 10.2. The summed E-state index contributed by atoms with van der Waals surface area (Å²) in [5, 5.41) is 2.83. The zero-order valence-electron chi connectivity index (χ0n) is 11.7. The number of hydrogen-bond donors (Lipinski definition) is 1. The van der Waals surface area contributed by atoms with Gasteiger partial charge in [-0.25, -0.2) is 0 Å². The molecule has 1 N–H and O–H groups in total. The van der Waals surface area contributed by atoms with E-state index in [1.807, 2.05) is 18.2 Å². The number of halogens is 1. The molecule has 2 rings (SSSR count). The van der Waals surface area contributed by atoms with E-state index < -0.39 is 0 Å². The van der Waals surface area contributed by atoms with Crippen molar-refractivity contribution in [2.45, 2.75) is 6.54 Å². The van der Waals surface area contributed by atoms with Gasteiger partial charge < -0.3 is 14.8 Å². The Morgan fingerprint density at radius 1 is 1.29 bits per heavy atom. The summed E-state index contributed by atoms with van der Waals surface area (Å²) in [5.74, 6) is 1.05. The first kappa shape index (κ1) is 15.3. The molecule has 1 aromatic heterocycles. The minimum atomic E-state index is -0.200. The highest BCUT2D eigenvalue weighted by atomic mass is 79.9. The van der Waals surface area contributed by atoms with Gasteiger partial charge in [0, 0.05) is 29.0 Å². The van der Waals surface area contributed by atoms with Gasteiger partial charge in [-0.05, 0) is 28.1 Å². The molecule has 0 saturated heterocycles. The van der Waals surface area contributed by atoms with E-state index in [1.54, 1.807) is 26.5 Å². The second kappa shape index (κ2) is 7.08. The number of methoxy groups -OCH3 is 2. The SMILES string of the molecule is COc1cccc(CNC(=O)c2cncc(Br)c2)c1OC. The van der Waals surface area contributed by atoms with Crippen molar-refractivity contribution in [3.05, 3.63) is 52.3 Å². The van der Waals surface area contributed by atoms with Crippen LogP contribution < -0.4 is 14.8 Å². The fourth-order valence-electron chi connectivity index (χ4n) is 1.91. The van der Waals surface area contributed by atoms with Crippen molar-refractivity contribution in [3.8, 4) is 11.5 Å². The van der Waals surface area contributed by atoms with Crippen molar-refractivity contribution in [2.24, 2.45) is 0 Å². The molecule has 1 heterocycles. The molecular weight excluding hydrogens is 336 g/mol. The number of para-hydroxylation sites is 1. The summed E-state index contributed by atoms with van der Waals surface area (Å²) in [7, 11) is 3.15. The molecular formula is C15H15BrN2O3. The molecule has 0 fully saturated rings. The van der Waals surface area contributed by atoms with Gasteiger partial charge in [0.05, 0.1) is 19.8 Å². The zero-order chi connectivity index (χ0) is 15.2. The maximum absolute atomic E-state index is 12.1. The second-order valence-corrected chi connectivity index (χ2v) is 5.14. The average molecular weight is 351 g/mol. The largest absolute Gasteiger partial charge is 0.493 e. The number of carbonyl (C=O) groups excluding carboxylic acids is 1. The molecule has 1 aromatic carbocycles. The smallest absolute Gasteiger partial charge is 0.253 e. The molecule has 5 nitrogen and oxygen atoms in total. The lowest BCUT2D eigenvalue weighted by atomic mass is 10.1. The maximum Gasteiger partial charge on any atom is 0.253 e. The number of nitrogens with one attached hydrogen (secondary N) is 1. The molecule has 0 spiro atoms. The lowest BCUT2D eigenvalue weighted by Gasteiger charge is -2.13. The molecule has 0 saturated carbocycles. The Hall–Kier alpha value is -2.08. The third kappa shape index (κ3) is 3.72. The Kier molecular flexibility index (Phi) is 5.16. The molecule has 0 unspecified atom stereocenters. The lowest BCUT2D eigenvalue weighted by Crippen LogP contribution is -2.23. The Morgan fingerprint density at radius 3 is 2.76 bits per heavy atom. The summed E-state index contributed by atoms with van der Waals surface area (Å²) < 4.78 is 11.3. The number of aromatic nitrogens is 1. The van der Waals surface area contributed by atoms with Crippen molar-refractivity contribution in [1.29, 1.82) is 0 Å². The molecule has 0 aliphatic heterocycles. The Balaban J connectivity index is 2.11. The highest BCUT2D eigenvalue weighted by molar-refractivity contribution is 9.10. The van der Waals surface area contributed by atoms with Crippen molar-refractivity contribution in [3.63, 3.8) is 0 Å². The third-order valence-electron chi connectivity index (χ3n) is 2.89. The highest BCUT2D eigenvalue weighted by Gasteiger charge is 2.11. The van der Waals surface area contributed by atoms with E-state index in [1.165, 1.54) is 6.20 Å². The van der Waals surface area contributed by atoms with Crippen LogP contribution in [0.25, 0.3) is 0 Å². The van der Waals surface area contributed by atoms with Gasteiger partial charge in [0.2, 0.25) is 0 Å².